The number of ketones is 1. The fraction of sp³-hybridized carbons (Fsp3) is 0.188. The van der Waals surface area contributed by atoms with Crippen molar-refractivity contribution < 1.29 is 4.79 Å². The SMILES string of the molecule is CCCn1nncc1C(=O)c1cc2ccccc2cc1N. The fourth-order valence-corrected chi connectivity index (χ4v) is 2.40. The monoisotopic (exact) mass is 280 g/mol. The number of carbonyl (C=O) groups is 1. The highest BCUT2D eigenvalue weighted by atomic mass is 16.1. The Labute approximate surface area is 122 Å². The van der Waals surface area contributed by atoms with Crippen LogP contribution in [-0.2, 0) is 6.54 Å². The van der Waals surface area contributed by atoms with Crippen molar-refractivity contribution in [1.82, 2.24) is 15.0 Å². The van der Waals surface area contributed by atoms with Gasteiger partial charge in [-0.05, 0) is 29.3 Å². The number of nitrogens with zero attached hydrogens (tertiary/aromatic N) is 3. The Morgan fingerprint density at radius 2 is 1.95 bits per heavy atom. The molecule has 3 aromatic rings. The first kappa shape index (κ1) is 13.3. The van der Waals surface area contributed by atoms with Gasteiger partial charge in [-0.2, -0.15) is 0 Å². The molecular formula is C16H16N4O. The van der Waals surface area contributed by atoms with Gasteiger partial charge in [0.1, 0.15) is 5.69 Å². The molecule has 0 radical (unpaired) electrons. The summed E-state index contributed by atoms with van der Waals surface area (Å²) < 4.78 is 1.62. The molecule has 0 aliphatic rings. The van der Waals surface area contributed by atoms with Gasteiger partial charge in [-0.1, -0.05) is 36.4 Å². The average Bonchev–Trinajstić information content (AvgIpc) is 2.94. The number of benzene rings is 2. The van der Waals surface area contributed by atoms with E-state index in [2.05, 4.69) is 10.3 Å². The number of hydrogen-bond donors (Lipinski definition) is 1. The number of fused-ring (bicyclic) bond motifs is 1. The van der Waals surface area contributed by atoms with Crippen LogP contribution >= 0.6 is 0 Å². The predicted molar refractivity (Wildman–Crippen MR) is 82.1 cm³/mol. The Balaban J connectivity index is 2.08. The summed E-state index contributed by atoms with van der Waals surface area (Å²) in [5.41, 5.74) is 7.49. The van der Waals surface area contributed by atoms with Crippen molar-refractivity contribution in [3.8, 4) is 0 Å². The summed E-state index contributed by atoms with van der Waals surface area (Å²) >= 11 is 0. The van der Waals surface area contributed by atoms with Gasteiger partial charge in [0, 0.05) is 17.8 Å². The van der Waals surface area contributed by atoms with Gasteiger partial charge in [0.15, 0.2) is 0 Å². The second kappa shape index (κ2) is 5.36. The number of anilines is 1. The number of aryl methyl sites for hydroxylation is 1. The Morgan fingerprint density at radius 1 is 1.24 bits per heavy atom. The fourth-order valence-electron chi connectivity index (χ4n) is 2.40. The lowest BCUT2D eigenvalue weighted by atomic mass is 10.0. The summed E-state index contributed by atoms with van der Waals surface area (Å²) in [6, 6.07) is 11.5. The van der Waals surface area contributed by atoms with Crippen LogP contribution < -0.4 is 5.73 Å². The maximum absolute atomic E-state index is 12.7. The normalized spacial score (nSPS) is 10.9. The number of nitrogen functional groups attached to an aromatic ring is 1. The Hall–Kier alpha value is -2.69. The third-order valence-electron chi connectivity index (χ3n) is 3.45. The van der Waals surface area contributed by atoms with Crippen molar-refractivity contribution >= 4 is 22.2 Å². The highest BCUT2D eigenvalue weighted by Crippen LogP contribution is 2.24. The maximum atomic E-state index is 12.7. The quantitative estimate of drug-likeness (QED) is 0.589. The minimum Gasteiger partial charge on any atom is -0.398 e. The van der Waals surface area contributed by atoms with Crippen LogP contribution in [-0.4, -0.2) is 20.8 Å². The van der Waals surface area contributed by atoms with Crippen LogP contribution in [0.25, 0.3) is 10.8 Å². The second-order valence-corrected chi connectivity index (χ2v) is 4.96. The molecule has 0 saturated carbocycles. The van der Waals surface area contributed by atoms with Gasteiger partial charge in [-0.25, -0.2) is 4.68 Å². The maximum Gasteiger partial charge on any atom is 0.214 e. The molecule has 5 nitrogen and oxygen atoms in total. The van der Waals surface area contributed by atoms with Crippen molar-refractivity contribution in [2.75, 3.05) is 5.73 Å². The lowest BCUT2D eigenvalue weighted by Crippen LogP contribution is -2.13. The largest absolute Gasteiger partial charge is 0.398 e. The third kappa shape index (κ3) is 2.38. The van der Waals surface area contributed by atoms with E-state index in [1.807, 2.05) is 43.3 Å². The summed E-state index contributed by atoms with van der Waals surface area (Å²) in [5.74, 6) is -0.142. The molecule has 0 amide bonds. The Bertz CT molecular complexity index is 807. The molecule has 3 rings (SSSR count). The molecule has 1 heterocycles. The zero-order chi connectivity index (χ0) is 14.8. The first-order valence-corrected chi connectivity index (χ1v) is 6.92. The summed E-state index contributed by atoms with van der Waals surface area (Å²) in [4.78, 5) is 12.7. The molecule has 21 heavy (non-hydrogen) atoms. The van der Waals surface area contributed by atoms with Gasteiger partial charge in [0.05, 0.1) is 6.20 Å². The van der Waals surface area contributed by atoms with Gasteiger partial charge >= 0.3 is 0 Å². The van der Waals surface area contributed by atoms with Gasteiger partial charge in [0.25, 0.3) is 0 Å². The number of aromatic nitrogens is 3. The molecule has 1 aromatic heterocycles. The van der Waals surface area contributed by atoms with Crippen LogP contribution in [0.2, 0.25) is 0 Å². The van der Waals surface area contributed by atoms with Crippen molar-refractivity contribution in [1.29, 1.82) is 0 Å². The molecule has 106 valence electrons. The first-order valence-electron chi connectivity index (χ1n) is 6.92. The predicted octanol–water partition coefficient (Wildman–Crippen LogP) is 2.65. The zero-order valence-electron chi connectivity index (χ0n) is 11.8. The number of carbonyl (C=O) groups excluding carboxylic acids is 1. The van der Waals surface area contributed by atoms with E-state index in [-0.39, 0.29) is 5.78 Å². The molecule has 0 saturated heterocycles. The van der Waals surface area contributed by atoms with E-state index in [4.69, 9.17) is 5.73 Å². The van der Waals surface area contributed by atoms with E-state index in [1.165, 1.54) is 6.20 Å². The van der Waals surface area contributed by atoms with Gasteiger partial charge in [-0.15, -0.1) is 5.10 Å². The molecule has 5 heteroatoms. The number of rotatable bonds is 4. The second-order valence-electron chi connectivity index (χ2n) is 4.96. The Morgan fingerprint density at radius 3 is 2.67 bits per heavy atom. The molecule has 0 unspecified atom stereocenters. The summed E-state index contributed by atoms with van der Waals surface area (Å²) in [5, 5.41) is 9.79. The zero-order valence-corrected chi connectivity index (χ0v) is 11.8. The number of hydrogen-bond acceptors (Lipinski definition) is 4. The van der Waals surface area contributed by atoms with E-state index >= 15 is 0 Å². The van der Waals surface area contributed by atoms with Crippen LogP contribution in [0.1, 0.15) is 29.4 Å². The highest BCUT2D eigenvalue weighted by molar-refractivity contribution is 6.13. The molecule has 0 bridgehead atoms. The van der Waals surface area contributed by atoms with E-state index in [9.17, 15) is 4.79 Å². The van der Waals surface area contributed by atoms with E-state index < -0.39 is 0 Å². The molecule has 0 fully saturated rings. The minimum absolute atomic E-state index is 0.142. The summed E-state index contributed by atoms with van der Waals surface area (Å²) in [6.45, 7) is 2.69. The van der Waals surface area contributed by atoms with E-state index in [0.717, 1.165) is 17.2 Å². The van der Waals surface area contributed by atoms with Crippen molar-refractivity contribution in [3.63, 3.8) is 0 Å². The molecule has 0 spiro atoms. The standard InChI is InChI=1S/C16H16N4O/c1-2-7-20-15(10-18-19-20)16(21)13-8-11-5-3-4-6-12(11)9-14(13)17/h3-6,8-10H,2,7,17H2,1H3. The van der Waals surface area contributed by atoms with Gasteiger partial charge in [0.2, 0.25) is 5.78 Å². The number of nitrogens with two attached hydrogens (primary N) is 1. The molecule has 0 aliphatic carbocycles. The van der Waals surface area contributed by atoms with Crippen molar-refractivity contribution in [2.45, 2.75) is 19.9 Å². The highest BCUT2D eigenvalue weighted by Gasteiger charge is 2.18. The average molecular weight is 280 g/mol. The molecular weight excluding hydrogens is 264 g/mol. The van der Waals surface area contributed by atoms with Crippen molar-refractivity contribution in [3.05, 3.63) is 53.9 Å². The molecule has 2 aromatic carbocycles. The first-order chi connectivity index (χ1) is 10.2. The summed E-state index contributed by atoms with van der Waals surface area (Å²) in [6.07, 6.45) is 2.38. The van der Waals surface area contributed by atoms with Crippen molar-refractivity contribution in [2.24, 2.45) is 0 Å². The van der Waals surface area contributed by atoms with Gasteiger partial charge < -0.3 is 5.73 Å². The van der Waals surface area contributed by atoms with Gasteiger partial charge in [-0.3, -0.25) is 4.79 Å². The Kier molecular flexibility index (Phi) is 3.39. The van der Waals surface area contributed by atoms with E-state index in [1.54, 1.807) is 4.68 Å². The smallest absolute Gasteiger partial charge is 0.214 e. The lowest BCUT2D eigenvalue weighted by molar-refractivity contribution is 0.102. The van der Waals surface area contributed by atoms with Crippen LogP contribution in [0.3, 0.4) is 0 Å². The molecule has 2 N–H and O–H groups in total. The molecule has 0 aliphatic heterocycles. The lowest BCUT2D eigenvalue weighted by Gasteiger charge is -2.08. The van der Waals surface area contributed by atoms with Crippen LogP contribution in [0, 0.1) is 0 Å². The van der Waals surface area contributed by atoms with Crippen LogP contribution in [0.15, 0.2) is 42.6 Å². The third-order valence-corrected chi connectivity index (χ3v) is 3.45. The topological polar surface area (TPSA) is 73.8 Å². The summed E-state index contributed by atoms with van der Waals surface area (Å²) in [7, 11) is 0. The minimum atomic E-state index is -0.142. The molecule has 0 atom stereocenters. The van der Waals surface area contributed by atoms with Crippen LogP contribution in [0.5, 0.6) is 0 Å². The van der Waals surface area contributed by atoms with Crippen LogP contribution in [0.4, 0.5) is 5.69 Å². The van der Waals surface area contributed by atoms with E-state index in [0.29, 0.717) is 23.5 Å².